The molecule has 0 spiro atoms. The number of hydrogen-bond donors (Lipinski definition) is 2. The normalized spacial score (nSPS) is 12.8. The van der Waals surface area contributed by atoms with Crippen molar-refractivity contribution in [3.8, 4) is 5.69 Å². The Labute approximate surface area is 126 Å². The zero-order valence-electron chi connectivity index (χ0n) is 12.7. The van der Waals surface area contributed by atoms with Crippen molar-refractivity contribution in [3.63, 3.8) is 0 Å². The molecule has 1 unspecified atom stereocenters. The number of aliphatic hydroxyl groups excluding tert-OH is 1. The molecule has 0 saturated carbocycles. The summed E-state index contributed by atoms with van der Waals surface area (Å²) in [6, 6.07) is 8.68. The summed E-state index contributed by atoms with van der Waals surface area (Å²) in [5.41, 5.74) is 2.39. The number of rotatable bonds is 8. The minimum absolute atomic E-state index is 0.201. The standard InChI is InChI=1S/C16H24N4O/c1-14(12-19(2)9-10-21)18-11-15-5-3-4-6-16(15)20-8-7-17-13-20/h3-8,13-14,18,21H,9-12H2,1-2H3. The summed E-state index contributed by atoms with van der Waals surface area (Å²) in [5, 5.41) is 12.5. The lowest BCUT2D eigenvalue weighted by Crippen LogP contribution is -2.38. The predicted octanol–water partition coefficient (Wildman–Crippen LogP) is 1.27. The third kappa shape index (κ3) is 4.67. The molecule has 1 heterocycles. The molecule has 0 aliphatic rings. The van der Waals surface area contributed by atoms with Gasteiger partial charge in [0.1, 0.15) is 0 Å². The maximum absolute atomic E-state index is 8.93. The van der Waals surface area contributed by atoms with E-state index >= 15 is 0 Å². The van der Waals surface area contributed by atoms with E-state index in [1.54, 1.807) is 6.20 Å². The highest BCUT2D eigenvalue weighted by Gasteiger charge is 2.08. The Morgan fingerprint density at radius 1 is 1.38 bits per heavy atom. The van der Waals surface area contributed by atoms with Crippen molar-refractivity contribution in [2.24, 2.45) is 0 Å². The highest BCUT2D eigenvalue weighted by molar-refractivity contribution is 5.40. The van der Waals surface area contributed by atoms with Crippen LogP contribution in [0.1, 0.15) is 12.5 Å². The van der Waals surface area contributed by atoms with Gasteiger partial charge in [-0.1, -0.05) is 18.2 Å². The number of nitrogens with zero attached hydrogens (tertiary/aromatic N) is 3. The smallest absolute Gasteiger partial charge is 0.0991 e. The third-order valence-corrected chi connectivity index (χ3v) is 3.48. The van der Waals surface area contributed by atoms with E-state index in [0.717, 1.165) is 18.8 Å². The van der Waals surface area contributed by atoms with Gasteiger partial charge in [0.2, 0.25) is 0 Å². The summed E-state index contributed by atoms with van der Waals surface area (Å²) in [7, 11) is 2.02. The quantitative estimate of drug-likeness (QED) is 0.768. The Bertz CT molecular complexity index is 527. The fourth-order valence-corrected chi connectivity index (χ4v) is 2.39. The molecule has 0 aliphatic carbocycles. The predicted molar refractivity (Wildman–Crippen MR) is 84.4 cm³/mol. The van der Waals surface area contributed by atoms with Crippen molar-refractivity contribution in [3.05, 3.63) is 48.5 Å². The fraction of sp³-hybridized carbons (Fsp3) is 0.438. The molecule has 2 N–H and O–H groups in total. The number of benzene rings is 1. The summed E-state index contributed by atoms with van der Waals surface area (Å²) in [6.07, 6.45) is 5.56. The Hall–Kier alpha value is -1.69. The van der Waals surface area contributed by atoms with Crippen LogP contribution in [-0.4, -0.2) is 52.3 Å². The first-order chi connectivity index (χ1) is 10.2. The highest BCUT2D eigenvalue weighted by atomic mass is 16.3. The van der Waals surface area contributed by atoms with Gasteiger partial charge < -0.3 is 19.9 Å². The molecule has 0 radical (unpaired) electrons. The van der Waals surface area contributed by atoms with E-state index in [2.05, 4.69) is 40.3 Å². The topological polar surface area (TPSA) is 53.3 Å². The van der Waals surface area contributed by atoms with Crippen LogP contribution in [0, 0.1) is 0 Å². The Morgan fingerprint density at radius 3 is 2.90 bits per heavy atom. The minimum Gasteiger partial charge on any atom is -0.395 e. The minimum atomic E-state index is 0.201. The molecular formula is C16H24N4O. The SMILES string of the molecule is CC(CN(C)CCO)NCc1ccccc1-n1ccnc1. The zero-order chi connectivity index (χ0) is 15.1. The summed E-state index contributed by atoms with van der Waals surface area (Å²) >= 11 is 0. The molecule has 2 rings (SSSR count). The molecule has 5 heteroatoms. The Kier molecular flexibility index (Phi) is 5.92. The summed E-state index contributed by atoms with van der Waals surface area (Å²) in [6.45, 7) is 4.79. The summed E-state index contributed by atoms with van der Waals surface area (Å²) in [5.74, 6) is 0. The maximum Gasteiger partial charge on any atom is 0.0991 e. The molecule has 21 heavy (non-hydrogen) atoms. The Balaban J connectivity index is 1.94. The third-order valence-electron chi connectivity index (χ3n) is 3.48. The van der Waals surface area contributed by atoms with Gasteiger partial charge in [0.15, 0.2) is 0 Å². The van der Waals surface area contributed by atoms with Crippen molar-refractivity contribution in [2.75, 3.05) is 26.7 Å². The van der Waals surface area contributed by atoms with Crippen LogP contribution in [0.4, 0.5) is 0 Å². The van der Waals surface area contributed by atoms with E-state index in [-0.39, 0.29) is 6.61 Å². The number of aromatic nitrogens is 2. The molecule has 1 aromatic heterocycles. The van der Waals surface area contributed by atoms with Gasteiger partial charge >= 0.3 is 0 Å². The van der Waals surface area contributed by atoms with Crippen LogP contribution in [0.25, 0.3) is 5.69 Å². The van der Waals surface area contributed by atoms with Gasteiger partial charge in [-0.15, -0.1) is 0 Å². The van der Waals surface area contributed by atoms with Gasteiger partial charge in [-0.3, -0.25) is 0 Å². The van der Waals surface area contributed by atoms with Crippen LogP contribution in [0.2, 0.25) is 0 Å². The average molecular weight is 288 g/mol. The van der Waals surface area contributed by atoms with Crippen LogP contribution in [0.15, 0.2) is 43.0 Å². The molecule has 5 nitrogen and oxygen atoms in total. The second-order valence-corrected chi connectivity index (χ2v) is 5.37. The van der Waals surface area contributed by atoms with Crippen LogP contribution in [0.5, 0.6) is 0 Å². The molecular weight excluding hydrogens is 264 g/mol. The average Bonchev–Trinajstić information content (AvgIpc) is 2.99. The number of imidazole rings is 1. The van der Waals surface area contributed by atoms with Crippen molar-refractivity contribution in [2.45, 2.75) is 19.5 Å². The molecule has 0 amide bonds. The van der Waals surface area contributed by atoms with E-state index < -0.39 is 0 Å². The maximum atomic E-state index is 8.93. The second kappa shape index (κ2) is 7.93. The first-order valence-corrected chi connectivity index (χ1v) is 7.29. The lowest BCUT2D eigenvalue weighted by molar-refractivity contribution is 0.210. The van der Waals surface area contributed by atoms with Gasteiger partial charge in [-0.25, -0.2) is 4.98 Å². The van der Waals surface area contributed by atoms with Crippen LogP contribution in [-0.2, 0) is 6.54 Å². The van der Waals surface area contributed by atoms with Crippen LogP contribution in [0.3, 0.4) is 0 Å². The van der Waals surface area contributed by atoms with E-state index in [1.807, 2.05) is 30.2 Å². The number of hydrogen-bond acceptors (Lipinski definition) is 4. The zero-order valence-corrected chi connectivity index (χ0v) is 12.7. The molecule has 0 bridgehead atoms. The number of likely N-dealkylation sites (N-methyl/N-ethyl adjacent to an activating group) is 1. The first-order valence-electron chi connectivity index (χ1n) is 7.29. The highest BCUT2D eigenvalue weighted by Crippen LogP contribution is 2.14. The fourth-order valence-electron chi connectivity index (χ4n) is 2.39. The van der Waals surface area contributed by atoms with Crippen molar-refractivity contribution < 1.29 is 5.11 Å². The second-order valence-electron chi connectivity index (χ2n) is 5.37. The first kappa shape index (κ1) is 15.7. The van der Waals surface area contributed by atoms with Crippen molar-refractivity contribution in [1.82, 2.24) is 19.8 Å². The molecule has 2 aromatic rings. The van der Waals surface area contributed by atoms with Crippen molar-refractivity contribution in [1.29, 1.82) is 0 Å². The van der Waals surface area contributed by atoms with E-state index in [1.165, 1.54) is 5.56 Å². The van der Waals surface area contributed by atoms with E-state index in [4.69, 9.17) is 5.11 Å². The van der Waals surface area contributed by atoms with Gasteiger partial charge in [0.25, 0.3) is 0 Å². The Morgan fingerprint density at radius 2 is 2.19 bits per heavy atom. The van der Waals surface area contributed by atoms with Crippen LogP contribution < -0.4 is 5.32 Å². The van der Waals surface area contributed by atoms with E-state index in [0.29, 0.717) is 12.6 Å². The number of aliphatic hydroxyl groups is 1. The largest absolute Gasteiger partial charge is 0.395 e. The number of nitrogens with one attached hydrogen (secondary N) is 1. The number of para-hydroxylation sites is 1. The monoisotopic (exact) mass is 288 g/mol. The van der Waals surface area contributed by atoms with E-state index in [9.17, 15) is 0 Å². The van der Waals surface area contributed by atoms with Gasteiger partial charge in [0.05, 0.1) is 18.6 Å². The van der Waals surface area contributed by atoms with Crippen LogP contribution >= 0.6 is 0 Å². The molecule has 1 aromatic carbocycles. The van der Waals surface area contributed by atoms with Gasteiger partial charge in [0, 0.05) is 38.1 Å². The lowest BCUT2D eigenvalue weighted by atomic mass is 10.1. The molecule has 0 aliphatic heterocycles. The molecule has 0 fully saturated rings. The molecule has 1 atom stereocenters. The molecule has 0 saturated heterocycles. The lowest BCUT2D eigenvalue weighted by Gasteiger charge is -2.22. The summed E-state index contributed by atoms with van der Waals surface area (Å²) < 4.78 is 2.03. The summed E-state index contributed by atoms with van der Waals surface area (Å²) in [4.78, 5) is 6.23. The molecule has 114 valence electrons. The van der Waals surface area contributed by atoms with Crippen molar-refractivity contribution >= 4 is 0 Å². The van der Waals surface area contributed by atoms with Gasteiger partial charge in [-0.2, -0.15) is 0 Å². The van der Waals surface area contributed by atoms with Gasteiger partial charge in [-0.05, 0) is 25.6 Å².